The second-order valence-corrected chi connectivity index (χ2v) is 8.40. The molecule has 29 heavy (non-hydrogen) atoms. The van der Waals surface area contributed by atoms with Crippen molar-refractivity contribution in [2.24, 2.45) is 10.2 Å². The van der Waals surface area contributed by atoms with Gasteiger partial charge in [-0.3, -0.25) is 9.59 Å². The van der Waals surface area contributed by atoms with Crippen molar-refractivity contribution < 1.29 is 9.59 Å². The van der Waals surface area contributed by atoms with Crippen LogP contribution in [0.1, 0.15) is 12.0 Å². The average Bonchev–Trinajstić information content (AvgIpc) is 3.27. The average molecular weight is 470 g/mol. The maximum atomic E-state index is 12.2. The number of rotatable bonds is 5. The van der Waals surface area contributed by atoms with Gasteiger partial charge in [0, 0.05) is 39.2 Å². The summed E-state index contributed by atoms with van der Waals surface area (Å²) in [6.45, 7) is 0. The number of para-hydroxylation sites is 1. The monoisotopic (exact) mass is 469 g/mol. The first-order valence-corrected chi connectivity index (χ1v) is 10.5. The second-order valence-electron chi connectivity index (χ2n) is 6.29. The lowest BCUT2D eigenvalue weighted by Gasteiger charge is -2.07. The number of carbonyl (C=O) groups is 2. The summed E-state index contributed by atoms with van der Waals surface area (Å²) in [5, 5.41) is 14.5. The molecule has 0 aliphatic carbocycles. The Morgan fingerprint density at radius 1 is 1.21 bits per heavy atom. The largest absolute Gasteiger partial charge is 0.361 e. The van der Waals surface area contributed by atoms with E-state index in [1.807, 2.05) is 42.6 Å². The van der Waals surface area contributed by atoms with Crippen LogP contribution in [0.3, 0.4) is 0 Å². The Balaban J connectivity index is 1.35. The number of anilines is 1. The SMILES string of the molecule is O=C(C[C@H]1S/C(=N\N=C/c2c[nH]c3ccccc23)NC1=O)Nc1ccc(Br)cc1. The van der Waals surface area contributed by atoms with E-state index in [4.69, 9.17) is 0 Å². The number of H-pyrrole nitrogens is 1. The van der Waals surface area contributed by atoms with Gasteiger partial charge in [-0.25, -0.2) is 0 Å². The lowest BCUT2D eigenvalue weighted by molar-refractivity contribution is -0.122. The first-order chi connectivity index (χ1) is 14.1. The molecule has 1 aliphatic heterocycles. The molecule has 2 amide bonds. The summed E-state index contributed by atoms with van der Waals surface area (Å²) in [5.41, 5.74) is 2.60. The van der Waals surface area contributed by atoms with E-state index >= 15 is 0 Å². The molecule has 7 nitrogen and oxygen atoms in total. The van der Waals surface area contributed by atoms with Crippen molar-refractivity contribution in [1.29, 1.82) is 0 Å². The predicted octanol–water partition coefficient (Wildman–Crippen LogP) is 3.88. The van der Waals surface area contributed by atoms with Crippen molar-refractivity contribution >= 4 is 67.5 Å². The number of hydrogen-bond donors (Lipinski definition) is 3. The summed E-state index contributed by atoms with van der Waals surface area (Å²) in [5.74, 6) is -0.481. The second kappa shape index (κ2) is 8.62. The van der Waals surface area contributed by atoms with Gasteiger partial charge in [0.2, 0.25) is 11.8 Å². The van der Waals surface area contributed by atoms with Crippen LogP contribution in [-0.4, -0.2) is 33.4 Å². The van der Waals surface area contributed by atoms with Gasteiger partial charge in [0.1, 0.15) is 5.25 Å². The first-order valence-electron chi connectivity index (χ1n) is 8.78. The van der Waals surface area contributed by atoms with Gasteiger partial charge in [0.25, 0.3) is 0 Å². The Labute approximate surface area is 179 Å². The van der Waals surface area contributed by atoms with Crippen LogP contribution in [-0.2, 0) is 9.59 Å². The molecular formula is C20H16BrN5O2S. The van der Waals surface area contributed by atoms with Crippen molar-refractivity contribution in [2.75, 3.05) is 5.32 Å². The summed E-state index contributed by atoms with van der Waals surface area (Å²) in [6.07, 6.45) is 3.54. The summed E-state index contributed by atoms with van der Waals surface area (Å²) in [7, 11) is 0. The minimum atomic E-state index is -0.535. The van der Waals surface area contributed by atoms with Crippen molar-refractivity contribution in [1.82, 2.24) is 10.3 Å². The lowest BCUT2D eigenvalue weighted by Crippen LogP contribution is -2.28. The fraction of sp³-hybridized carbons (Fsp3) is 0.100. The topological polar surface area (TPSA) is 98.7 Å². The Hall–Kier alpha value is -2.91. The van der Waals surface area contributed by atoms with Gasteiger partial charge in [-0.1, -0.05) is 45.9 Å². The van der Waals surface area contributed by atoms with Gasteiger partial charge >= 0.3 is 0 Å². The number of fused-ring (bicyclic) bond motifs is 1. The zero-order valence-electron chi connectivity index (χ0n) is 15.1. The molecule has 4 rings (SSSR count). The van der Waals surface area contributed by atoms with Crippen molar-refractivity contribution in [3.63, 3.8) is 0 Å². The summed E-state index contributed by atoms with van der Waals surface area (Å²) in [4.78, 5) is 27.5. The molecule has 2 heterocycles. The highest BCUT2D eigenvalue weighted by atomic mass is 79.9. The fourth-order valence-corrected chi connectivity index (χ4v) is 4.03. The van der Waals surface area contributed by atoms with Gasteiger partial charge < -0.3 is 15.6 Å². The quantitative estimate of drug-likeness (QED) is 0.390. The molecule has 9 heteroatoms. The molecule has 0 bridgehead atoms. The molecule has 1 saturated heterocycles. The Kier molecular flexibility index (Phi) is 5.77. The molecule has 1 atom stereocenters. The number of nitrogens with zero attached hydrogens (tertiary/aromatic N) is 2. The molecule has 146 valence electrons. The van der Waals surface area contributed by atoms with Crippen LogP contribution < -0.4 is 10.6 Å². The first kappa shape index (κ1) is 19.4. The van der Waals surface area contributed by atoms with Crippen LogP contribution in [0.5, 0.6) is 0 Å². The van der Waals surface area contributed by atoms with Gasteiger partial charge in [-0.05, 0) is 30.3 Å². The molecule has 2 aromatic carbocycles. The van der Waals surface area contributed by atoms with E-state index in [1.54, 1.807) is 18.3 Å². The summed E-state index contributed by atoms with van der Waals surface area (Å²) in [6, 6.07) is 15.1. The summed E-state index contributed by atoms with van der Waals surface area (Å²) >= 11 is 4.55. The minimum absolute atomic E-state index is 0.0533. The van der Waals surface area contributed by atoms with Gasteiger partial charge in [-0.15, -0.1) is 5.10 Å². The third kappa shape index (κ3) is 4.75. The number of amidine groups is 1. The Morgan fingerprint density at radius 2 is 2.00 bits per heavy atom. The summed E-state index contributed by atoms with van der Waals surface area (Å²) < 4.78 is 0.926. The van der Waals surface area contributed by atoms with Gasteiger partial charge in [0.05, 0.1) is 6.21 Å². The Morgan fingerprint density at radius 3 is 2.83 bits per heavy atom. The van der Waals surface area contributed by atoms with Gasteiger partial charge in [-0.2, -0.15) is 5.10 Å². The molecule has 3 aromatic rings. The molecule has 0 saturated carbocycles. The van der Waals surface area contributed by atoms with E-state index in [0.29, 0.717) is 10.9 Å². The van der Waals surface area contributed by atoms with Crippen molar-refractivity contribution in [3.8, 4) is 0 Å². The molecular weight excluding hydrogens is 454 g/mol. The number of thioether (sulfide) groups is 1. The molecule has 0 radical (unpaired) electrons. The number of nitrogens with one attached hydrogen (secondary N) is 3. The van der Waals surface area contributed by atoms with Crippen LogP contribution in [0.2, 0.25) is 0 Å². The van der Waals surface area contributed by atoms with E-state index in [9.17, 15) is 9.59 Å². The van der Waals surface area contributed by atoms with E-state index in [0.717, 1.165) is 20.9 Å². The number of hydrogen-bond acceptors (Lipinski definition) is 5. The van der Waals surface area contributed by atoms with E-state index in [1.165, 1.54) is 11.8 Å². The zero-order valence-corrected chi connectivity index (χ0v) is 17.5. The zero-order chi connectivity index (χ0) is 20.2. The van der Waals surface area contributed by atoms with E-state index in [2.05, 4.69) is 41.8 Å². The highest BCUT2D eigenvalue weighted by Crippen LogP contribution is 2.23. The highest BCUT2D eigenvalue weighted by Gasteiger charge is 2.32. The van der Waals surface area contributed by atoms with Crippen molar-refractivity contribution in [3.05, 3.63) is 64.8 Å². The number of aromatic amines is 1. The van der Waals surface area contributed by atoms with Crippen LogP contribution in [0, 0.1) is 0 Å². The molecule has 1 aliphatic rings. The maximum absolute atomic E-state index is 12.2. The molecule has 1 aromatic heterocycles. The number of carbonyl (C=O) groups excluding carboxylic acids is 2. The van der Waals surface area contributed by atoms with Crippen LogP contribution >= 0.6 is 27.7 Å². The van der Waals surface area contributed by atoms with Crippen LogP contribution in [0.4, 0.5) is 5.69 Å². The third-order valence-corrected chi connectivity index (χ3v) is 5.84. The predicted molar refractivity (Wildman–Crippen MR) is 120 cm³/mol. The molecule has 0 spiro atoms. The van der Waals surface area contributed by atoms with Crippen LogP contribution in [0.25, 0.3) is 10.9 Å². The molecule has 0 unspecified atom stereocenters. The highest BCUT2D eigenvalue weighted by molar-refractivity contribution is 9.10. The fourth-order valence-electron chi connectivity index (χ4n) is 2.84. The number of aromatic nitrogens is 1. The maximum Gasteiger partial charge on any atom is 0.240 e. The normalized spacial score (nSPS) is 17.9. The number of amides is 2. The third-order valence-electron chi connectivity index (χ3n) is 4.24. The van der Waals surface area contributed by atoms with Crippen molar-refractivity contribution in [2.45, 2.75) is 11.7 Å². The lowest BCUT2D eigenvalue weighted by atomic mass is 10.2. The smallest absolute Gasteiger partial charge is 0.240 e. The standard InChI is InChI=1S/C20H16BrN5O2S/c21-13-5-7-14(8-6-13)24-18(27)9-17-19(28)25-20(29-17)26-23-11-12-10-22-16-4-2-1-3-15(12)16/h1-8,10-11,17,22H,9H2,(H,24,27)(H,25,26,28)/b23-11-/t17-/m1/s1. The Bertz CT molecular complexity index is 1120. The number of benzene rings is 2. The molecule has 3 N–H and O–H groups in total. The molecule has 1 fully saturated rings. The van der Waals surface area contributed by atoms with E-state index < -0.39 is 5.25 Å². The minimum Gasteiger partial charge on any atom is -0.361 e. The van der Waals surface area contributed by atoms with Crippen LogP contribution in [0.15, 0.2) is 69.4 Å². The van der Waals surface area contributed by atoms with E-state index in [-0.39, 0.29) is 18.2 Å². The number of halogens is 1. The van der Waals surface area contributed by atoms with Gasteiger partial charge in [0.15, 0.2) is 5.17 Å².